The van der Waals surface area contributed by atoms with Crippen molar-refractivity contribution >= 4 is 28.7 Å². The van der Waals surface area contributed by atoms with E-state index in [-0.39, 0.29) is 18.3 Å². The van der Waals surface area contributed by atoms with E-state index in [0.29, 0.717) is 32.0 Å². The molecule has 3 aromatic rings. The number of aliphatic imine (C=N–C) groups is 1. The monoisotopic (exact) mass is 365 g/mol. The van der Waals surface area contributed by atoms with Gasteiger partial charge in [0.05, 0.1) is 18.9 Å². The van der Waals surface area contributed by atoms with Crippen LogP contribution in [-0.4, -0.2) is 47.9 Å². The second-order valence-corrected chi connectivity index (χ2v) is 6.46. The number of morpholine rings is 1. The number of nitrogens with zero attached hydrogens (tertiary/aromatic N) is 3. The maximum atomic E-state index is 13.3. The highest BCUT2D eigenvalue weighted by Crippen LogP contribution is 2.21. The van der Waals surface area contributed by atoms with Crippen molar-refractivity contribution < 1.29 is 13.9 Å². The van der Waals surface area contributed by atoms with Gasteiger partial charge in [0.2, 0.25) is 5.91 Å². The highest BCUT2D eigenvalue weighted by molar-refractivity contribution is 6.00. The van der Waals surface area contributed by atoms with Crippen LogP contribution in [0.3, 0.4) is 0 Å². The lowest BCUT2D eigenvalue weighted by atomic mass is 10.2. The quantitative estimate of drug-likeness (QED) is 0.666. The van der Waals surface area contributed by atoms with Gasteiger partial charge in [0.1, 0.15) is 12.4 Å². The molecule has 27 heavy (non-hydrogen) atoms. The van der Waals surface area contributed by atoms with Crippen molar-refractivity contribution in [2.24, 2.45) is 4.99 Å². The first-order valence-electron chi connectivity index (χ1n) is 8.94. The zero-order chi connectivity index (χ0) is 18.6. The molecule has 0 bridgehead atoms. The Balaban J connectivity index is 1.61. The van der Waals surface area contributed by atoms with E-state index < -0.39 is 0 Å². The lowest BCUT2D eigenvalue weighted by Crippen LogP contribution is -2.42. The molecule has 2 aromatic carbocycles. The van der Waals surface area contributed by atoms with Crippen LogP contribution >= 0.6 is 0 Å². The van der Waals surface area contributed by atoms with Crippen molar-refractivity contribution in [2.45, 2.75) is 6.54 Å². The summed E-state index contributed by atoms with van der Waals surface area (Å²) in [6, 6.07) is 14.0. The number of fused-ring (bicyclic) bond motifs is 1. The number of hydrogen-bond donors (Lipinski definition) is 0. The molecule has 1 amide bonds. The zero-order valence-corrected chi connectivity index (χ0v) is 14.8. The smallest absolute Gasteiger partial charge is 0.242 e. The molecule has 2 heterocycles. The normalized spacial score (nSPS) is 14.9. The summed E-state index contributed by atoms with van der Waals surface area (Å²) >= 11 is 0. The minimum absolute atomic E-state index is 0.0765. The van der Waals surface area contributed by atoms with Crippen LogP contribution in [0.2, 0.25) is 0 Å². The molecule has 0 atom stereocenters. The van der Waals surface area contributed by atoms with Crippen LogP contribution < -0.4 is 0 Å². The molecule has 0 unspecified atom stereocenters. The highest BCUT2D eigenvalue weighted by atomic mass is 19.1. The summed E-state index contributed by atoms with van der Waals surface area (Å²) < 4.78 is 20.6. The van der Waals surface area contributed by atoms with E-state index in [9.17, 15) is 9.18 Å². The molecule has 5 nitrogen and oxygen atoms in total. The topological polar surface area (TPSA) is 46.8 Å². The molecule has 6 heteroatoms. The van der Waals surface area contributed by atoms with Crippen molar-refractivity contribution in [1.82, 2.24) is 9.47 Å². The standard InChI is InChI=1S/C21H20FN3O2/c22-17-4-3-5-18(12-17)23-13-16-14-25(20-7-2-1-6-19(16)20)15-21(26)24-8-10-27-11-9-24/h1-7,12-14H,8-11,15H2. The van der Waals surface area contributed by atoms with Gasteiger partial charge in [-0.05, 0) is 24.3 Å². The van der Waals surface area contributed by atoms with Crippen LogP contribution in [0.15, 0.2) is 59.7 Å². The Morgan fingerprint density at radius 2 is 1.96 bits per heavy atom. The average molecular weight is 365 g/mol. The number of amides is 1. The molecule has 1 aromatic heterocycles. The third kappa shape index (κ3) is 3.90. The van der Waals surface area contributed by atoms with Crippen molar-refractivity contribution in [3.05, 3.63) is 66.1 Å². The van der Waals surface area contributed by atoms with Gasteiger partial charge in [0.25, 0.3) is 0 Å². The molecular weight excluding hydrogens is 345 g/mol. The van der Waals surface area contributed by atoms with Crippen LogP contribution in [0.1, 0.15) is 5.56 Å². The number of aromatic nitrogens is 1. The molecule has 1 fully saturated rings. The SMILES string of the molecule is O=C(Cn1cc(C=Nc2cccc(F)c2)c2ccccc21)N1CCOCC1. The third-order valence-corrected chi connectivity index (χ3v) is 4.65. The minimum atomic E-state index is -0.316. The molecule has 0 radical (unpaired) electrons. The summed E-state index contributed by atoms with van der Waals surface area (Å²) in [6.07, 6.45) is 3.64. The summed E-state index contributed by atoms with van der Waals surface area (Å²) in [4.78, 5) is 18.8. The van der Waals surface area contributed by atoms with Crippen LogP contribution in [-0.2, 0) is 16.1 Å². The Bertz CT molecular complexity index is 990. The summed E-state index contributed by atoms with van der Waals surface area (Å²) in [5.74, 6) is -0.240. The van der Waals surface area contributed by atoms with Gasteiger partial charge in [-0.2, -0.15) is 0 Å². The van der Waals surface area contributed by atoms with Crippen molar-refractivity contribution in [3.8, 4) is 0 Å². The fraction of sp³-hybridized carbons (Fsp3) is 0.238. The molecule has 0 aliphatic carbocycles. The molecule has 0 saturated carbocycles. The van der Waals surface area contributed by atoms with Crippen LogP contribution in [0, 0.1) is 5.82 Å². The van der Waals surface area contributed by atoms with Crippen molar-refractivity contribution in [2.75, 3.05) is 26.3 Å². The summed E-state index contributed by atoms with van der Waals surface area (Å²) in [5.41, 5.74) is 2.42. The van der Waals surface area contributed by atoms with E-state index in [1.165, 1.54) is 12.1 Å². The number of carbonyl (C=O) groups is 1. The summed E-state index contributed by atoms with van der Waals surface area (Å²) in [6.45, 7) is 2.71. The number of rotatable bonds is 4. The first kappa shape index (κ1) is 17.4. The summed E-state index contributed by atoms with van der Waals surface area (Å²) in [5, 5.41) is 1.01. The van der Waals surface area contributed by atoms with Crippen LogP contribution in [0.5, 0.6) is 0 Å². The van der Waals surface area contributed by atoms with Gasteiger partial charge >= 0.3 is 0 Å². The minimum Gasteiger partial charge on any atom is -0.378 e. The predicted molar refractivity (Wildman–Crippen MR) is 103 cm³/mol. The molecule has 0 spiro atoms. The van der Waals surface area contributed by atoms with Gasteiger partial charge in [-0.3, -0.25) is 9.79 Å². The van der Waals surface area contributed by atoms with E-state index >= 15 is 0 Å². The van der Waals surface area contributed by atoms with E-state index in [1.54, 1.807) is 18.3 Å². The highest BCUT2D eigenvalue weighted by Gasteiger charge is 2.18. The fourth-order valence-corrected chi connectivity index (χ4v) is 3.27. The van der Waals surface area contributed by atoms with Gasteiger partial charge in [0, 0.05) is 42.0 Å². The maximum absolute atomic E-state index is 13.3. The Hall–Kier alpha value is -2.99. The lowest BCUT2D eigenvalue weighted by Gasteiger charge is -2.27. The second-order valence-electron chi connectivity index (χ2n) is 6.46. The largest absolute Gasteiger partial charge is 0.378 e. The Labute approximate surface area is 156 Å². The zero-order valence-electron chi connectivity index (χ0n) is 14.8. The van der Waals surface area contributed by atoms with Crippen LogP contribution in [0.4, 0.5) is 10.1 Å². The third-order valence-electron chi connectivity index (χ3n) is 4.65. The number of para-hydroxylation sites is 1. The first-order chi connectivity index (χ1) is 13.2. The number of benzene rings is 2. The number of ether oxygens (including phenoxy) is 1. The van der Waals surface area contributed by atoms with Crippen molar-refractivity contribution in [3.63, 3.8) is 0 Å². The van der Waals surface area contributed by atoms with E-state index in [0.717, 1.165) is 16.5 Å². The van der Waals surface area contributed by atoms with E-state index in [1.807, 2.05) is 39.9 Å². The molecule has 138 valence electrons. The molecule has 1 aliphatic heterocycles. The van der Waals surface area contributed by atoms with Crippen molar-refractivity contribution in [1.29, 1.82) is 0 Å². The molecule has 4 rings (SSSR count). The number of hydrogen-bond acceptors (Lipinski definition) is 3. The average Bonchev–Trinajstić information content (AvgIpc) is 3.05. The van der Waals surface area contributed by atoms with Gasteiger partial charge < -0.3 is 14.2 Å². The van der Waals surface area contributed by atoms with Gasteiger partial charge in [-0.25, -0.2) is 4.39 Å². The van der Waals surface area contributed by atoms with Gasteiger partial charge in [-0.15, -0.1) is 0 Å². The van der Waals surface area contributed by atoms with Crippen LogP contribution in [0.25, 0.3) is 10.9 Å². The Morgan fingerprint density at radius 3 is 2.78 bits per heavy atom. The van der Waals surface area contributed by atoms with E-state index in [2.05, 4.69) is 4.99 Å². The van der Waals surface area contributed by atoms with Gasteiger partial charge in [-0.1, -0.05) is 24.3 Å². The number of carbonyl (C=O) groups excluding carboxylic acids is 1. The van der Waals surface area contributed by atoms with E-state index in [4.69, 9.17) is 4.74 Å². The Morgan fingerprint density at radius 1 is 1.15 bits per heavy atom. The molecular formula is C21H20FN3O2. The van der Waals surface area contributed by atoms with Gasteiger partial charge in [0.15, 0.2) is 0 Å². The predicted octanol–water partition coefficient (Wildman–Crippen LogP) is 3.39. The lowest BCUT2D eigenvalue weighted by molar-refractivity contribution is -0.135. The first-order valence-corrected chi connectivity index (χ1v) is 8.94. The Kier molecular flexibility index (Phi) is 4.98. The summed E-state index contributed by atoms with van der Waals surface area (Å²) in [7, 11) is 0. The maximum Gasteiger partial charge on any atom is 0.242 e. The second kappa shape index (κ2) is 7.72. The molecule has 1 saturated heterocycles. The fourth-order valence-electron chi connectivity index (χ4n) is 3.27. The molecule has 1 aliphatic rings. The number of halogens is 1. The molecule has 0 N–H and O–H groups in total.